The molecule has 2 heterocycles. The van der Waals surface area contributed by atoms with Crippen molar-refractivity contribution in [3.05, 3.63) is 46.0 Å². The van der Waals surface area contributed by atoms with Gasteiger partial charge < -0.3 is 5.32 Å². The molecule has 0 spiro atoms. The van der Waals surface area contributed by atoms with E-state index in [1.54, 1.807) is 0 Å². The first kappa shape index (κ1) is 16.2. The standard InChI is InChI=1S/C16H23BrN4/c1-4-7-19-15(13-6-8-18-10-12(13)3)16-14(17)11-20-21(16)9-5-2/h6,8,10-11,15,19H,4-5,7,9H2,1-3H3. The Balaban J connectivity index is 2.45. The highest BCUT2D eigenvalue weighted by Crippen LogP contribution is 2.30. The molecule has 1 atom stereocenters. The molecule has 4 nitrogen and oxygen atoms in total. The smallest absolute Gasteiger partial charge is 0.0763 e. The average molecular weight is 351 g/mol. The minimum Gasteiger partial charge on any atom is -0.305 e. The first-order valence-electron chi connectivity index (χ1n) is 7.54. The van der Waals surface area contributed by atoms with Crippen LogP contribution in [0.1, 0.15) is 49.6 Å². The van der Waals surface area contributed by atoms with Gasteiger partial charge in [-0.3, -0.25) is 9.67 Å². The molecule has 0 aliphatic rings. The van der Waals surface area contributed by atoms with Crippen LogP contribution in [0.2, 0.25) is 0 Å². The van der Waals surface area contributed by atoms with E-state index in [4.69, 9.17) is 0 Å². The van der Waals surface area contributed by atoms with Gasteiger partial charge in [-0.15, -0.1) is 0 Å². The van der Waals surface area contributed by atoms with Gasteiger partial charge in [0.15, 0.2) is 0 Å². The molecule has 1 unspecified atom stereocenters. The van der Waals surface area contributed by atoms with Crippen LogP contribution in [0, 0.1) is 6.92 Å². The molecule has 0 amide bonds. The highest BCUT2D eigenvalue weighted by molar-refractivity contribution is 9.10. The fourth-order valence-electron chi connectivity index (χ4n) is 2.50. The Morgan fingerprint density at radius 1 is 1.29 bits per heavy atom. The van der Waals surface area contributed by atoms with Crippen molar-refractivity contribution >= 4 is 15.9 Å². The number of halogens is 1. The van der Waals surface area contributed by atoms with E-state index in [2.05, 4.69) is 62.8 Å². The van der Waals surface area contributed by atoms with Crippen molar-refractivity contribution in [2.75, 3.05) is 6.54 Å². The molecule has 0 fully saturated rings. The summed E-state index contributed by atoms with van der Waals surface area (Å²) < 4.78 is 3.15. The van der Waals surface area contributed by atoms with E-state index in [-0.39, 0.29) is 6.04 Å². The fraction of sp³-hybridized carbons (Fsp3) is 0.500. The average Bonchev–Trinajstić information content (AvgIpc) is 2.83. The summed E-state index contributed by atoms with van der Waals surface area (Å²) in [4.78, 5) is 4.21. The Morgan fingerprint density at radius 2 is 2.10 bits per heavy atom. The minimum atomic E-state index is 0.136. The van der Waals surface area contributed by atoms with E-state index in [9.17, 15) is 0 Å². The summed E-state index contributed by atoms with van der Waals surface area (Å²) in [6.45, 7) is 8.36. The van der Waals surface area contributed by atoms with Crippen LogP contribution in [-0.2, 0) is 6.54 Å². The first-order valence-corrected chi connectivity index (χ1v) is 8.33. The Labute approximate surface area is 135 Å². The maximum Gasteiger partial charge on any atom is 0.0763 e. The van der Waals surface area contributed by atoms with Gasteiger partial charge >= 0.3 is 0 Å². The van der Waals surface area contributed by atoms with Crippen LogP contribution in [-0.4, -0.2) is 21.3 Å². The summed E-state index contributed by atoms with van der Waals surface area (Å²) in [7, 11) is 0. The Morgan fingerprint density at radius 3 is 2.76 bits per heavy atom. The van der Waals surface area contributed by atoms with E-state index in [1.807, 2.05) is 18.6 Å². The SMILES string of the molecule is CCCNC(c1ccncc1C)c1c(Br)cnn1CCC. The van der Waals surface area contributed by atoms with Crippen LogP contribution in [0.3, 0.4) is 0 Å². The number of rotatable bonds is 7. The van der Waals surface area contributed by atoms with Crippen molar-refractivity contribution in [2.45, 2.75) is 46.2 Å². The van der Waals surface area contributed by atoms with Gasteiger partial charge in [-0.1, -0.05) is 13.8 Å². The molecule has 0 saturated carbocycles. The molecule has 21 heavy (non-hydrogen) atoms. The van der Waals surface area contributed by atoms with Crippen LogP contribution in [0.15, 0.2) is 29.1 Å². The third-order valence-corrected chi connectivity index (χ3v) is 4.13. The molecule has 2 aromatic heterocycles. The summed E-state index contributed by atoms with van der Waals surface area (Å²) in [5.74, 6) is 0. The molecule has 0 aliphatic carbocycles. The predicted molar refractivity (Wildman–Crippen MR) is 89.3 cm³/mol. The lowest BCUT2D eigenvalue weighted by molar-refractivity contribution is 0.509. The number of aryl methyl sites for hydroxylation is 2. The first-order chi connectivity index (χ1) is 10.2. The maximum atomic E-state index is 4.50. The quantitative estimate of drug-likeness (QED) is 0.824. The molecular weight excluding hydrogens is 328 g/mol. The number of nitrogens with zero attached hydrogens (tertiary/aromatic N) is 3. The molecule has 2 rings (SSSR count). The zero-order valence-electron chi connectivity index (χ0n) is 12.9. The van der Waals surface area contributed by atoms with Crippen molar-refractivity contribution in [1.29, 1.82) is 0 Å². The lowest BCUT2D eigenvalue weighted by Crippen LogP contribution is -2.27. The third kappa shape index (κ3) is 3.71. The van der Waals surface area contributed by atoms with Crippen molar-refractivity contribution in [2.24, 2.45) is 0 Å². The van der Waals surface area contributed by atoms with Gasteiger partial charge in [0.1, 0.15) is 0 Å². The highest BCUT2D eigenvalue weighted by atomic mass is 79.9. The van der Waals surface area contributed by atoms with Crippen molar-refractivity contribution < 1.29 is 0 Å². The maximum absolute atomic E-state index is 4.50. The molecule has 2 aromatic rings. The van der Waals surface area contributed by atoms with Crippen molar-refractivity contribution in [3.8, 4) is 0 Å². The molecule has 0 aliphatic heterocycles. The number of pyridine rings is 1. The van der Waals surface area contributed by atoms with Crippen molar-refractivity contribution in [3.63, 3.8) is 0 Å². The largest absolute Gasteiger partial charge is 0.305 e. The summed E-state index contributed by atoms with van der Waals surface area (Å²) in [5, 5.41) is 8.15. The monoisotopic (exact) mass is 350 g/mol. The Bertz CT molecular complexity index is 579. The molecule has 0 aromatic carbocycles. The van der Waals surface area contributed by atoms with Gasteiger partial charge in [0.05, 0.1) is 22.4 Å². The summed E-state index contributed by atoms with van der Waals surface area (Å²) in [6.07, 6.45) is 7.83. The van der Waals surface area contributed by atoms with Gasteiger partial charge in [-0.2, -0.15) is 5.10 Å². The predicted octanol–water partition coefficient (Wildman–Crippen LogP) is 3.85. The number of nitrogens with one attached hydrogen (secondary N) is 1. The molecule has 114 valence electrons. The second-order valence-electron chi connectivity index (χ2n) is 5.22. The van der Waals surface area contributed by atoms with Crippen LogP contribution >= 0.6 is 15.9 Å². The zero-order chi connectivity index (χ0) is 15.2. The Kier molecular flexibility index (Phi) is 5.94. The Hall–Kier alpha value is -1.20. The molecule has 1 N–H and O–H groups in total. The number of hydrogen-bond donors (Lipinski definition) is 1. The summed E-state index contributed by atoms with van der Waals surface area (Å²) in [6, 6.07) is 2.23. The van der Waals surface area contributed by atoms with Crippen LogP contribution in [0.5, 0.6) is 0 Å². The molecule has 0 radical (unpaired) electrons. The topological polar surface area (TPSA) is 42.7 Å². The second-order valence-corrected chi connectivity index (χ2v) is 6.07. The van der Waals surface area contributed by atoms with E-state index in [0.717, 1.165) is 30.4 Å². The van der Waals surface area contributed by atoms with Crippen LogP contribution < -0.4 is 5.32 Å². The molecular formula is C16H23BrN4. The molecule has 0 saturated heterocycles. The van der Waals surface area contributed by atoms with E-state index < -0.39 is 0 Å². The fourth-order valence-corrected chi connectivity index (χ4v) is 3.02. The summed E-state index contributed by atoms with van der Waals surface area (Å²) in [5.41, 5.74) is 3.65. The highest BCUT2D eigenvalue weighted by Gasteiger charge is 2.22. The second kappa shape index (κ2) is 7.71. The normalized spacial score (nSPS) is 12.6. The van der Waals surface area contributed by atoms with Crippen LogP contribution in [0.25, 0.3) is 0 Å². The third-order valence-electron chi connectivity index (χ3n) is 3.52. The van der Waals surface area contributed by atoms with Gasteiger partial charge in [0.2, 0.25) is 0 Å². The van der Waals surface area contributed by atoms with E-state index >= 15 is 0 Å². The van der Waals surface area contributed by atoms with E-state index in [1.165, 1.54) is 16.8 Å². The molecule has 5 heteroatoms. The van der Waals surface area contributed by atoms with Gasteiger partial charge in [0.25, 0.3) is 0 Å². The van der Waals surface area contributed by atoms with Gasteiger partial charge in [0, 0.05) is 18.9 Å². The van der Waals surface area contributed by atoms with Crippen LogP contribution in [0.4, 0.5) is 0 Å². The number of aromatic nitrogens is 3. The lowest BCUT2D eigenvalue weighted by Gasteiger charge is -2.22. The number of hydrogen-bond acceptors (Lipinski definition) is 3. The van der Waals surface area contributed by atoms with E-state index in [0.29, 0.717) is 0 Å². The van der Waals surface area contributed by atoms with Gasteiger partial charge in [-0.25, -0.2) is 0 Å². The summed E-state index contributed by atoms with van der Waals surface area (Å²) >= 11 is 3.66. The lowest BCUT2D eigenvalue weighted by atomic mass is 10.0. The van der Waals surface area contributed by atoms with Gasteiger partial charge in [-0.05, 0) is 59.4 Å². The zero-order valence-corrected chi connectivity index (χ0v) is 14.5. The minimum absolute atomic E-state index is 0.136. The molecule has 0 bridgehead atoms. The van der Waals surface area contributed by atoms with Crippen molar-refractivity contribution in [1.82, 2.24) is 20.1 Å².